The van der Waals surface area contributed by atoms with Gasteiger partial charge in [0.15, 0.2) is 0 Å². The third-order valence-corrected chi connectivity index (χ3v) is 7.64. The first-order valence-electron chi connectivity index (χ1n) is 11.7. The first-order chi connectivity index (χ1) is 13.8. The third-order valence-electron chi connectivity index (χ3n) is 7.64. The number of unbranched alkanes of at least 4 members (excludes halogenated alkanes) is 1. The van der Waals surface area contributed by atoms with Gasteiger partial charge in [0.05, 0.1) is 12.0 Å². The van der Waals surface area contributed by atoms with Crippen molar-refractivity contribution in [3.05, 3.63) is 11.6 Å². The lowest BCUT2D eigenvalue weighted by Crippen LogP contribution is -2.51. The normalized spacial score (nSPS) is 35.3. The highest BCUT2D eigenvalue weighted by molar-refractivity contribution is 5.66. The number of hydrogen-bond donors (Lipinski definition) is 3. The number of allylic oxidation sites excluding steroid dienone is 2. The summed E-state index contributed by atoms with van der Waals surface area (Å²) < 4.78 is 0. The van der Waals surface area contributed by atoms with Crippen molar-refractivity contribution >= 4 is 5.97 Å². The zero-order valence-corrected chi connectivity index (χ0v) is 18.1. The Morgan fingerprint density at radius 3 is 2.62 bits per heavy atom. The number of fused-ring (bicyclic) bond motifs is 1. The molecule has 0 bridgehead atoms. The zero-order chi connectivity index (χ0) is 21.0. The van der Waals surface area contributed by atoms with Gasteiger partial charge in [-0.05, 0) is 69.1 Å². The van der Waals surface area contributed by atoms with Crippen molar-refractivity contribution in [2.45, 2.75) is 96.2 Å². The van der Waals surface area contributed by atoms with Gasteiger partial charge in [-0.3, -0.25) is 4.79 Å². The van der Waals surface area contributed by atoms with E-state index in [4.69, 9.17) is 5.11 Å². The van der Waals surface area contributed by atoms with Crippen LogP contribution in [0.15, 0.2) is 11.6 Å². The molecule has 3 aliphatic rings. The number of carboxylic acid groups (broad SMARTS) is 1. The lowest BCUT2D eigenvalue weighted by molar-refractivity contribution is -0.136. The summed E-state index contributed by atoms with van der Waals surface area (Å²) in [4.78, 5) is 10.9. The van der Waals surface area contributed by atoms with Crippen LogP contribution in [-0.2, 0) is 4.79 Å². The molecule has 6 atom stereocenters. The quantitative estimate of drug-likeness (QED) is 0.431. The SMILES string of the molecule is CCCCC1C(=CCCC(=O)O)[C@H]2CC[C@@H](O)[C@H](C#CC(C)(O)C3CCCC3)[C@@H]12. The summed E-state index contributed by atoms with van der Waals surface area (Å²) in [5.41, 5.74) is 0.442. The van der Waals surface area contributed by atoms with Gasteiger partial charge in [0.2, 0.25) is 0 Å². The average Bonchev–Trinajstić information content (AvgIpc) is 3.21. The highest BCUT2D eigenvalue weighted by Gasteiger charge is 2.52. The fraction of sp³-hybridized carbons (Fsp3) is 0.800. The number of rotatable bonds is 7. The van der Waals surface area contributed by atoms with E-state index in [2.05, 4.69) is 24.8 Å². The van der Waals surface area contributed by atoms with Crippen LogP contribution < -0.4 is 0 Å². The minimum absolute atomic E-state index is 0.0832. The van der Waals surface area contributed by atoms with Gasteiger partial charge in [-0.2, -0.15) is 0 Å². The number of hydrogen-bond acceptors (Lipinski definition) is 3. The molecule has 0 aromatic heterocycles. The number of aliphatic hydroxyl groups excluding tert-OH is 1. The van der Waals surface area contributed by atoms with Crippen molar-refractivity contribution in [2.75, 3.05) is 0 Å². The molecule has 3 fully saturated rings. The fourth-order valence-corrected chi connectivity index (χ4v) is 5.99. The molecule has 0 radical (unpaired) electrons. The van der Waals surface area contributed by atoms with Crippen LogP contribution in [0.5, 0.6) is 0 Å². The van der Waals surface area contributed by atoms with Crippen molar-refractivity contribution in [1.29, 1.82) is 0 Å². The number of carbonyl (C=O) groups is 1. The maximum Gasteiger partial charge on any atom is 0.303 e. The van der Waals surface area contributed by atoms with Crippen LogP contribution in [0.2, 0.25) is 0 Å². The van der Waals surface area contributed by atoms with E-state index in [1.54, 1.807) is 0 Å². The molecule has 3 saturated carbocycles. The maximum absolute atomic E-state index is 10.9. The molecule has 0 spiro atoms. The molecule has 0 aromatic carbocycles. The number of carboxylic acids is 1. The standard InChI is InChI=1S/C25H38O4/c1-3-4-10-19-18(11-7-12-23(27)28)20-13-14-22(26)21(24(19)20)15-16-25(2,29)17-8-5-6-9-17/h11,17,19-22,24,26,29H,3-10,12-14H2,1-2H3,(H,27,28)/t19?,20-,21+,22-,24+,25?/m1/s1. The Labute approximate surface area is 175 Å². The van der Waals surface area contributed by atoms with Gasteiger partial charge in [0, 0.05) is 6.42 Å². The summed E-state index contributed by atoms with van der Waals surface area (Å²) in [7, 11) is 0. The molecule has 162 valence electrons. The molecule has 3 aliphatic carbocycles. The molecule has 29 heavy (non-hydrogen) atoms. The molecule has 0 saturated heterocycles. The van der Waals surface area contributed by atoms with Gasteiger partial charge in [0.25, 0.3) is 0 Å². The average molecular weight is 403 g/mol. The van der Waals surface area contributed by atoms with E-state index >= 15 is 0 Å². The predicted molar refractivity (Wildman–Crippen MR) is 114 cm³/mol. The Balaban J connectivity index is 1.77. The summed E-state index contributed by atoms with van der Waals surface area (Å²) in [5.74, 6) is 7.11. The summed E-state index contributed by atoms with van der Waals surface area (Å²) in [6.45, 7) is 4.03. The highest BCUT2D eigenvalue weighted by Crippen LogP contribution is 2.57. The van der Waals surface area contributed by atoms with Crippen LogP contribution >= 0.6 is 0 Å². The Morgan fingerprint density at radius 1 is 1.24 bits per heavy atom. The van der Waals surface area contributed by atoms with Gasteiger partial charge in [-0.1, -0.05) is 56.1 Å². The second kappa shape index (κ2) is 9.67. The van der Waals surface area contributed by atoms with Crippen LogP contribution in [-0.4, -0.2) is 33.0 Å². The monoisotopic (exact) mass is 402 g/mol. The predicted octanol–water partition coefficient (Wildman–Crippen LogP) is 4.55. The van der Waals surface area contributed by atoms with Crippen LogP contribution in [0.4, 0.5) is 0 Å². The van der Waals surface area contributed by atoms with Crippen LogP contribution in [0.25, 0.3) is 0 Å². The molecule has 0 amide bonds. The molecule has 2 unspecified atom stereocenters. The van der Waals surface area contributed by atoms with E-state index in [-0.39, 0.29) is 18.3 Å². The van der Waals surface area contributed by atoms with E-state index in [1.807, 2.05) is 6.92 Å². The number of aliphatic carboxylic acids is 1. The largest absolute Gasteiger partial charge is 0.481 e. The summed E-state index contributed by atoms with van der Waals surface area (Å²) in [6.07, 6.45) is 12.0. The fourth-order valence-electron chi connectivity index (χ4n) is 5.99. The molecule has 4 nitrogen and oxygen atoms in total. The topological polar surface area (TPSA) is 77.8 Å². The maximum atomic E-state index is 10.9. The number of aliphatic hydroxyl groups is 2. The van der Waals surface area contributed by atoms with Gasteiger partial charge in [-0.15, -0.1) is 0 Å². The third kappa shape index (κ3) is 5.06. The molecule has 0 aromatic rings. The van der Waals surface area contributed by atoms with Crippen molar-refractivity contribution in [3.63, 3.8) is 0 Å². The Morgan fingerprint density at radius 2 is 1.97 bits per heavy atom. The van der Waals surface area contributed by atoms with Crippen molar-refractivity contribution in [1.82, 2.24) is 0 Å². The molecule has 4 heteroatoms. The minimum Gasteiger partial charge on any atom is -0.481 e. The van der Waals surface area contributed by atoms with Crippen molar-refractivity contribution in [3.8, 4) is 11.8 Å². The molecule has 0 heterocycles. The van der Waals surface area contributed by atoms with Gasteiger partial charge < -0.3 is 15.3 Å². The summed E-state index contributed by atoms with van der Waals surface area (Å²) in [5, 5.41) is 30.6. The van der Waals surface area contributed by atoms with Gasteiger partial charge >= 0.3 is 5.97 Å². The Bertz CT molecular complexity index is 662. The van der Waals surface area contributed by atoms with E-state index in [9.17, 15) is 15.0 Å². The smallest absolute Gasteiger partial charge is 0.303 e. The van der Waals surface area contributed by atoms with Crippen molar-refractivity contribution < 1.29 is 20.1 Å². The van der Waals surface area contributed by atoms with Crippen molar-refractivity contribution in [2.24, 2.45) is 29.6 Å². The second-order valence-corrected chi connectivity index (χ2v) is 9.64. The minimum atomic E-state index is -0.966. The zero-order valence-electron chi connectivity index (χ0n) is 18.1. The second-order valence-electron chi connectivity index (χ2n) is 9.64. The Hall–Kier alpha value is -1.31. The highest BCUT2D eigenvalue weighted by atomic mass is 16.4. The van der Waals surface area contributed by atoms with Crippen LogP contribution in [0.3, 0.4) is 0 Å². The van der Waals surface area contributed by atoms with Crippen LogP contribution in [0, 0.1) is 41.4 Å². The molecule has 0 aliphatic heterocycles. The molecular weight excluding hydrogens is 364 g/mol. The lowest BCUT2D eigenvalue weighted by Gasteiger charge is -2.55. The summed E-state index contributed by atoms with van der Waals surface area (Å²) in [6, 6.07) is 0. The van der Waals surface area contributed by atoms with E-state index in [0.29, 0.717) is 24.2 Å². The summed E-state index contributed by atoms with van der Waals surface area (Å²) >= 11 is 0. The lowest BCUT2D eigenvalue weighted by atomic mass is 9.50. The molecule has 3 N–H and O–H groups in total. The van der Waals surface area contributed by atoms with Gasteiger partial charge in [0.1, 0.15) is 5.60 Å². The van der Waals surface area contributed by atoms with Gasteiger partial charge in [-0.25, -0.2) is 0 Å². The van der Waals surface area contributed by atoms with E-state index in [0.717, 1.165) is 44.9 Å². The van der Waals surface area contributed by atoms with E-state index < -0.39 is 17.7 Å². The molecule has 3 rings (SSSR count). The van der Waals surface area contributed by atoms with E-state index in [1.165, 1.54) is 18.4 Å². The molecular formula is C25H38O4. The first kappa shape index (κ1) is 22.4. The first-order valence-corrected chi connectivity index (χ1v) is 11.7. The van der Waals surface area contributed by atoms with Crippen LogP contribution in [0.1, 0.15) is 84.5 Å². The Kier molecular flexibility index (Phi) is 7.46.